The van der Waals surface area contributed by atoms with Crippen LogP contribution in [0.25, 0.3) is 0 Å². The first-order valence-electron chi connectivity index (χ1n) is 3.37. The van der Waals surface area contributed by atoms with Gasteiger partial charge in [0.2, 0.25) is 0 Å². The molecule has 0 radical (unpaired) electrons. The largest absolute Gasteiger partial charge is 0.335 e. The number of nitrogens with zero attached hydrogens (tertiary/aromatic N) is 1. The van der Waals surface area contributed by atoms with Crippen LogP contribution in [0.15, 0.2) is 0 Å². The van der Waals surface area contributed by atoms with Crippen LogP contribution in [0.1, 0.15) is 12.8 Å². The molecule has 5 nitrogen and oxygen atoms in total. The zero-order valence-electron chi connectivity index (χ0n) is 6.93. The Morgan fingerprint density at radius 3 is 2.25 bits per heavy atom. The van der Waals surface area contributed by atoms with Gasteiger partial charge in [-0.3, -0.25) is 4.55 Å². The second-order valence-electron chi connectivity index (χ2n) is 2.30. The maximum absolute atomic E-state index is 10.4. The van der Waals surface area contributed by atoms with E-state index in [1.807, 2.05) is 0 Å². The average molecular weight is 219 g/mol. The highest BCUT2D eigenvalue weighted by Gasteiger charge is 2.11. The lowest BCUT2D eigenvalue weighted by atomic mass is 10.3. The number of hydrogen-bond donors (Lipinski definition) is 2. The van der Waals surface area contributed by atoms with Gasteiger partial charge in [-0.15, -0.1) is 12.4 Å². The van der Waals surface area contributed by atoms with Crippen LogP contribution in [-0.2, 0) is 10.3 Å². The summed E-state index contributed by atoms with van der Waals surface area (Å²) in [6.45, 7) is 0.856. The number of hydrogen-bond acceptors (Lipinski definition) is 3. The summed E-state index contributed by atoms with van der Waals surface area (Å²) in [6.07, 6.45) is 1.44. The first-order chi connectivity index (χ1) is 4.98. The van der Waals surface area contributed by atoms with Crippen molar-refractivity contribution < 1.29 is 13.0 Å². The standard InChI is InChI=1S/C5H14N2O3S.ClH/c1-7(11(8,9)10)5-3-2-4-6;/h2-6H2,1H3,(H,8,9,10);1H. The maximum atomic E-state index is 10.4. The van der Waals surface area contributed by atoms with Crippen molar-refractivity contribution in [2.24, 2.45) is 5.73 Å². The van der Waals surface area contributed by atoms with Crippen LogP contribution in [0.5, 0.6) is 0 Å². The van der Waals surface area contributed by atoms with E-state index in [0.717, 1.165) is 10.7 Å². The predicted molar refractivity (Wildman–Crippen MR) is 49.7 cm³/mol. The molecule has 7 heteroatoms. The van der Waals surface area contributed by atoms with Crippen molar-refractivity contribution in [2.75, 3.05) is 20.1 Å². The molecule has 0 fully saturated rings. The highest BCUT2D eigenvalue weighted by Crippen LogP contribution is 1.95. The second kappa shape index (κ2) is 6.62. The van der Waals surface area contributed by atoms with Gasteiger partial charge >= 0.3 is 10.3 Å². The Balaban J connectivity index is 0. The summed E-state index contributed by atoms with van der Waals surface area (Å²) in [7, 11) is -2.67. The summed E-state index contributed by atoms with van der Waals surface area (Å²) in [5.41, 5.74) is 5.19. The third-order valence-corrected chi connectivity index (χ3v) is 2.29. The Morgan fingerprint density at radius 2 is 1.92 bits per heavy atom. The lowest BCUT2D eigenvalue weighted by Gasteiger charge is -2.10. The van der Waals surface area contributed by atoms with E-state index in [1.165, 1.54) is 7.05 Å². The Bertz CT molecular complexity index is 195. The van der Waals surface area contributed by atoms with Gasteiger partial charge in [0, 0.05) is 13.6 Å². The van der Waals surface area contributed by atoms with Gasteiger partial charge in [0.1, 0.15) is 0 Å². The summed E-state index contributed by atoms with van der Waals surface area (Å²) in [4.78, 5) is 0. The molecule has 0 saturated heterocycles. The van der Waals surface area contributed by atoms with E-state index in [1.54, 1.807) is 0 Å². The summed E-state index contributed by atoms with van der Waals surface area (Å²) in [6, 6.07) is 0. The normalized spacial score (nSPS) is 11.3. The molecule has 0 aromatic carbocycles. The summed E-state index contributed by atoms with van der Waals surface area (Å²) < 4.78 is 30.1. The molecule has 0 aromatic rings. The molecule has 0 aliphatic carbocycles. The van der Waals surface area contributed by atoms with Crippen LogP contribution in [0.2, 0.25) is 0 Å². The van der Waals surface area contributed by atoms with Crippen molar-refractivity contribution in [2.45, 2.75) is 12.8 Å². The van der Waals surface area contributed by atoms with Gasteiger partial charge in [0.05, 0.1) is 0 Å². The van der Waals surface area contributed by atoms with Gasteiger partial charge in [0.25, 0.3) is 0 Å². The van der Waals surface area contributed by atoms with Gasteiger partial charge in [-0.2, -0.15) is 12.7 Å². The predicted octanol–water partition coefficient (Wildman–Crippen LogP) is -0.118. The second-order valence-corrected chi connectivity index (χ2v) is 3.81. The third kappa shape index (κ3) is 6.81. The van der Waals surface area contributed by atoms with Crippen molar-refractivity contribution in [1.82, 2.24) is 4.31 Å². The fourth-order valence-electron chi connectivity index (χ4n) is 0.594. The lowest BCUT2D eigenvalue weighted by Crippen LogP contribution is -2.27. The monoisotopic (exact) mass is 218 g/mol. The minimum absolute atomic E-state index is 0. The number of nitrogens with two attached hydrogens (primary N) is 1. The molecule has 76 valence electrons. The number of rotatable bonds is 5. The fourth-order valence-corrected chi connectivity index (χ4v) is 0.954. The third-order valence-electron chi connectivity index (χ3n) is 1.32. The SMILES string of the molecule is CN(CCCCN)S(=O)(=O)O.Cl. The van der Waals surface area contributed by atoms with Crippen LogP contribution >= 0.6 is 12.4 Å². The van der Waals surface area contributed by atoms with E-state index in [2.05, 4.69) is 0 Å². The average Bonchev–Trinajstić information content (AvgIpc) is 1.86. The maximum Gasteiger partial charge on any atom is 0.335 e. The molecule has 0 rings (SSSR count). The van der Waals surface area contributed by atoms with E-state index < -0.39 is 10.3 Å². The fraction of sp³-hybridized carbons (Fsp3) is 1.00. The first kappa shape index (κ1) is 14.6. The van der Waals surface area contributed by atoms with E-state index >= 15 is 0 Å². The van der Waals surface area contributed by atoms with Gasteiger partial charge in [-0.05, 0) is 19.4 Å². The van der Waals surface area contributed by atoms with Crippen LogP contribution in [-0.4, -0.2) is 37.4 Å². The van der Waals surface area contributed by atoms with Crippen molar-refractivity contribution >= 4 is 22.7 Å². The molecule has 0 saturated carbocycles. The van der Waals surface area contributed by atoms with Crippen LogP contribution in [0.4, 0.5) is 0 Å². The van der Waals surface area contributed by atoms with E-state index in [-0.39, 0.29) is 12.4 Å². The Morgan fingerprint density at radius 1 is 1.42 bits per heavy atom. The van der Waals surface area contributed by atoms with Gasteiger partial charge < -0.3 is 5.73 Å². The summed E-state index contributed by atoms with van der Waals surface area (Å²) in [5.74, 6) is 0. The lowest BCUT2D eigenvalue weighted by molar-refractivity contribution is 0.381. The molecule has 0 unspecified atom stereocenters. The molecule has 0 spiro atoms. The van der Waals surface area contributed by atoms with Gasteiger partial charge in [-0.1, -0.05) is 0 Å². The molecular formula is C5H15ClN2O3S. The smallest absolute Gasteiger partial charge is 0.330 e. The highest BCUT2D eigenvalue weighted by molar-refractivity contribution is 7.83. The molecule has 0 aliphatic rings. The molecule has 0 aromatic heterocycles. The Hall–Kier alpha value is 0.120. The molecule has 0 atom stereocenters. The zero-order chi connectivity index (χ0) is 8.91. The number of halogens is 1. The van der Waals surface area contributed by atoms with Gasteiger partial charge in [-0.25, -0.2) is 0 Å². The van der Waals surface area contributed by atoms with Gasteiger partial charge in [0.15, 0.2) is 0 Å². The first-order valence-corrected chi connectivity index (χ1v) is 4.77. The molecule has 0 amide bonds. The van der Waals surface area contributed by atoms with Crippen molar-refractivity contribution in [3.8, 4) is 0 Å². The Kier molecular flexibility index (Phi) is 8.07. The van der Waals surface area contributed by atoms with E-state index in [9.17, 15) is 8.42 Å². The Labute approximate surface area is 79.2 Å². The summed E-state index contributed by atoms with van der Waals surface area (Å²) in [5, 5.41) is 0. The van der Waals surface area contributed by atoms with Crippen molar-refractivity contribution in [3.05, 3.63) is 0 Å². The number of unbranched alkanes of at least 4 members (excludes halogenated alkanes) is 1. The zero-order valence-corrected chi connectivity index (χ0v) is 8.57. The molecular weight excluding hydrogens is 204 g/mol. The quantitative estimate of drug-likeness (QED) is 0.498. The van der Waals surface area contributed by atoms with E-state index in [4.69, 9.17) is 10.3 Å². The van der Waals surface area contributed by atoms with E-state index in [0.29, 0.717) is 19.5 Å². The van der Waals surface area contributed by atoms with Crippen molar-refractivity contribution in [1.29, 1.82) is 0 Å². The molecule has 0 heterocycles. The minimum atomic E-state index is -3.99. The summed E-state index contributed by atoms with van der Waals surface area (Å²) >= 11 is 0. The van der Waals surface area contributed by atoms with Crippen LogP contribution in [0.3, 0.4) is 0 Å². The molecule has 0 aliphatic heterocycles. The molecule has 0 bridgehead atoms. The van der Waals surface area contributed by atoms with Crippen LogP contribution in [0, 0.1) is 0 Å². The topological polar surface area (TPSA) is 83.6 Å². The molecule has 12 heavy (non-hydrogen) atoms. The van der Waals surface area contributed by atoms with Crippen molar-refractivity contribution in [3.63, 3.8) is 0 Å². The van der Waals surface area contributed by atoms with Crippen LogP contribution < -0.4 is 5.73 Å². The highest BCUT2D eigenvalue weighted by atomic mass is 35.5. The molecule has 3 N–H and O–H groups in total. The minimum Gasteiger partial charge on any atom is -0.330 e.